The van der Waals surface area contributed by atoms with E-state index in [1.807, 2.05) is 6.92 Å². The van der Waals surface area contributed by atoms with Crippen molar-refractivity contribution in [1.29, 1.82) is 0 Å². The maximum Gasteiger partial charge on any atom is 0.309 e. The summed E-state index contributed by atoms with van der Waals surface area (Å²) in [6.07, 6.45) is 1.53. The van der Waals surface area contributed by atoms with Crippen molar-refractivity contribution >= 4 is 5.97 Å². The van der Waals surface area contributed by atoms with Crippen molar-refractivity contribution in [3.63, 3.8) is 0 Å². The van der Waals surface area contributed by atoms with Crippen molar-refractivity contribution < 1.29 is 14.6 Å². The maximum atomic E-state index is 10.5. The van der Waals surface area contributed by atoms with Gasteiger partial charge >= 0.3 is 5.97 Å². The van der Waals surface area contributed by atoms with Crippen molar-refractivity contribution in [1.82, 2.24) is 0 Å². The van der Waals surface area contributed by atoms with Gasteiger partial charge in [0.25, 0.3) is 0 Å². The second kappa shape index (κ2) is 3.01. The molecular formula is C7H12O3. The molecule has 0 spiro atoms. The Balaban J connectivity index is 2.47. The quantitative estimate of drug-likeness (QED) is 0.594. The van der Waals surface area contributed by atoms with Crippen LogP contribution in [0.2, 0.25) is 0 Å². The molecule has 58 valence electrons. The van der Waals surface area contributed by atoms with E-state index in [9.17, 15) is 4.79 Å². The molecule has 1 fully saturated rings. The highest BCUT2D eigenvalue weighted by Gasteiger charge is 2.27. The van der Waals surface area contributed by atoms with E-state index in [4.69, 9.17) is 9.84 Å². The van der Waals surface area contributed by atoms with E-state index in [0.29, 0.717) is 6.61 Å². The largest absolute Gasteiger partial charge is 0.481 e. The van der Waals surface area contributed by atoms with Crippen LogP contribution in [0.5, 0.6) is 0 Å². The molecule has 0 saturated carbocycles. The monoisotopic (exact) mass is 144 g/mol. The van der Waals surface area contributed by atoms with E-state index in [-0.39, 0.29) is 12.0 Å². The zero-order chi connectivity index (χ0) is 7.56. The van der Waals surface area contributed by atoms with Gasteiger partial charge in [0.05, 0.1) is 12.0 Å². The van der Waals surface area contributed by atoms with E-state index in [2.05, 4.69) is 0 Å². The van der Waals surface area contributed by atoms with Crippen molar-refractivity contribution in [2.45, 2.75) is 25.9 Å². The third-order valence-electron chi connectivity index (χ3n) is 1.92. The molecule has 0 unspecified atom stereocenters. The van der Waals surface area contributed by atoms with Gasteiger partial charge in [0.15, 0.2) is 0 Å². The van der Waals surface area contributed by atoms with Gasteiger partial charge in [-0.15, -0.1) is 0 Å². The minimum Gasteiger partial charge on any atom is -0.481 e. The highest BCUT2D eigenvalue weighted by Crippen LogP contribution is 2.19. The van der Waals surface area contributed by atoms with Gasteiger partial charge < -0.3 is 9.84 Å². The highest BCUT2D eigenvalue weighted by atomic mass is 16.5. The van der Waals surface area contributed by atoms with E-state index >= 15 is 0 Å². The van der Waals surface area contributed by atoms with Crippen molar-refractivity contribution in [3.8, 4) is 0 Å². The first-order chi connectivity index (χ1) is 4.72. The van der Waals surface area contributed by atoms with Crippen LogP contribution in [0, 0.1) is 5.92 Å². The number of carbonyl (C=O) groups is 1. The summed E-state index contributed by atoms with van der Waals surface area (Å²) in [6.45, 7) is 2.53. The van der Waals surface area contributed by atoms with Crippen LogP contribution in [-0.4, -0.2) is 23.8 Å². The number of carboxylic acid groups (broad SMARTS) is 1. The van der Waals surface area contributed by atoms with Crippen LogP contribution in [-0.2, 0) is 9.53 Å². The Labute approximate surface area is 60.0 Å². The fourth-order valence-electron chi connectivity index (χ4n) is 1.25. The predicted octanol–water partition coefficient (Wildman–Crippen LogP) is 0.886. The number of rotatable bonds is 1. The molecule has 10 heavy (non-hydrogen) atoms. The zero-order valence-corrected chi connectivity index (χ0v) is 6.04. The third kappa shape index (κ3) is 1.48. The van der Waals surface area contributed by atoms with Crippen molar-refractivity contribution in [2.24, 2.45) is 5.92 Å². The number of carboxylic acids is 1. The number of aliphatic carboxylic acids is 1. The lowest BCUT2D eigenvalue weighted by Crippen LogP contribution is -2.32. The molecule has 0 amide bonds. The Kier molecular flexibility index (Phi) is 2.27. The molecule has 1 aliphatic rings. The lowest BCUT2D eigenvalue weighted by Gasteiger charge is -2.25. The minimum atomic E-state index is -0.729. The lowest BCUT2D eigenvalue weighted by atomic mass is 9.96. The summed E-state index contributed by atoms with van der Waals surface area (Å²) in [4.78, 5) is 10.5. The average Bonchev–Trinajstić information content (AvgIpc) is 1.88. The molecule has 0 radical (unpaired) electrons. The molecule has 3 heteroatoms. The van der Waals surface area contributed by atoms with Gasteiger partial charge in [-0.05, 0) is 19.8 Å². The maximum absolute atomic E-state index is 10.5. The number of hydrogen-bond acceptors (Lipinski definition) is 2. The summed E-state index contributed by atoms with van der Waals surface area (Å²) in [7, 11) is 0. The molecule has 0 aromatic carbocycles. The Morgan fingerprint density at radius 1 is 1.70 bits per heavy atom. The summed E-state index contributed by atoms with van der Waals surface area (Å²) in [5.74, 6) is -1.01. The Morgan fingerprint density at radius 3 is 2.80 bits per heavy atom. The SMILES string of the molecule is C[C@@H]1OCCC[C@H]1C(=O)O. The number of hydrogen-bond donors (Lipinski definition) is 1. The summed E-state index contributed by atoms with van der Waals surface area (Å²) in [5, 5.41) is 8.63. The molecule has 2 atom stereocenters. The average molecular weight is 144 g/mol. The van der Waals surface area contributed by atoms with E-state index in [1.54, 1.807) is 0 Å². The minimum absolute atomic E-state index is 0.105. The Morgan fingerprint density at radius 2 is 2.40 bits per heavy atom. The molecule has 0 aliphatic carbocycles. The fourth-order valence-corrected chi connectivity index (χ4v) is 1.25. The molecule has 1 N–H and O–H groups in total. The topological polar surface area (TPSA) is 46.5 Å². The standard InChI is InChI=1S/C7H12O3/c1-5-6(7(8)9)3-2-4-10-5/h5-6H,2-4H2,1H3,(H,8,9)/t5-,6+/m0/s1. The highest BCUT2D eigenvalue weighted by molar-refractivity contribution is 5.70. The van der Waals surface area contributed by atoms with Crippen LogP contribution in [0.1, 0.15) is 19.8 Å². The van der Waals surface area contributed by atoms with Gasteiger partial charge in [-0.2, -0.15) is 0 Å². The van der Waals surface area contributed by atoms with Gasteiger partial charge in [0, 0.05) is 6.61 Å². The molecule has 0 aromatic rings. The van der Waals surface area contributed by atoms with Crippen molar-refractivity contribution in [3.05, 3.63) is 0 Å². The third-order valence-corrected chi connectivity index (χ3v) is 1.92. The first-order valence-electron chi connectivity index (χ1n) is 3.56. The first kappa shape index (κ1) is 7.54. The first-order valence-corrected chi connectivity index (χ1v) is 3.56. The van der Waals surface area contributed by atoms with Crippen LogP contribution in [0.4, 0.5) is 0 Å². The van der Waals surface area contributed by atoms with Crippen LogP contribution in [0.3, 0.4) is 0 Å². The summed E-state index contributed by atoms with van der Waals surface area (Å²) >= 11 is 0. The molecule has 1 aliphatic heterocycles. The van der Waals surface area contributed by atoms with Gasteiger partial charge in [0.2, 0.25) is 0 Å². The normalized spacial score (nSPS) is 33.7. The van der Waals surface area contributed by atoms with Crippen LogP contribution >= 0.6 is 0 Å². The van der Waals surface area contributed by atoms with Crippen LogP contribution in [0.25, 0.3) is 0 Å². The second-order valence-corrected chi connectivity index (χ2v) is 2.66. The number of ether oxygens (including phenoxy) is 1. The lowest BCUT2D eigenvalue weighted by molar-refractivity contribution is -0.150. The van der Waals surface area contributed by atoms with Crippen molar-refractivity contribution in [2.75, 3.05) is 6.61 Å². The zero-order valence-electron chi connectivity index (χ0n) is 6.04. The molecule has 3 nitrogen and oxygen atoms in total. The fraction of sp³-hybridized carbons (Fsp3) is 0.857. The Bertz CT molecular complexity index is 133. The predicted molar refractivity (Wildman–Crippen MR) is 35.8 cm³/mol. The summed E-state index contributed by atoms with van der Waals surface area (Å²) in [6, 6.07) is 0. The smallest absolute Gasteiger partial charge is 0.309 e. The van der Waals surface area contributed by atoms with E-state index in [1.165, 1.54) is 0 Å². The summed E-state index contributed by atoms with van der Waals surface area (Å²) in [5.41, 5.74) is 0. The summed E-state index contributed by atoms with van der Waals surface area (Å²) < 4.78 is 5.17. The van der Waals surface area contributed by atoms with E-state index < -0.39 is 5.97 Å². The molecule has 1 rings (SSSR count). The molecule has 1 heterocycles. The van der Waals surface area contributed by atoms with Crippen LogP contribution < -0.4 is 0 Å². The molecule has 0 bridgehead atoms. The molecular weight excluding hydrogens is 132 g/mol. The van der Waals surface area contributed by atoms with Gasteiger partial charge in [-0.25, -0.2) is 0 Å². The van der Waals surface area contributed by atoms with Crippen LogP contribution in [0.15, 0.2) is 0 Å². The van der Waals surface area contributed by atoms with E-state index in [0.717, 1.165) is 12.8 Å². The molecule has 1 saturated heterocycles. The second-order valence-electron chi connectivity index (χ2n) is 2.66. The van der Waals surface area contributed by atoms with Gasteiger partial charge in [-0.1, -0.05) is 0 Å². The van der Waals surface area contributed by atoms with Gasteiger partial charge in [-0.3, -0.25) is 4.79 Å². The Hall–Kier alpha value is -0.570. The molecule has 0 aromatic heterocycles. The van der Waals surface area contributed by atoms with Gasteiger partial charge in [0.1, 0.15) is 0 Å².